The number of hydrogen-bond acceptors (Lipinski definition) is 4. The zero-order chi connectivity index (χ0) is 18.7. The summed E-state index contributed by atoms with van der Waals surface area (Å²) in [5, 5.41) is 0.979. The van der Waals surface area contributed by atoms with Gasteiger partial charge in [0.15, 0.2) is 5.16 Å². The van der Waals surface area contributed by atoms with Gasteiger partial charge in [0.25, 0.3) is 0 Å². The second-order valence-corrected chi connectivity index (χ2v) is 8.52. The van der Waals surface area contributed by atoms with E-state index in [1.807, 2.05) is 4.90 Å². The molecule has 1 aromatic heterocycles. The fourth-order valence-corrected chi connectivity index (χ4v) is 5.16. The highest BCUT2D eigenvalue weighted by atomic mass is 32.2. The normalized spacial score (nSPS) is 19.7. The van der Waals surface area contributed by atoms with Crippen LogP contribution in [0.2, 0.25) is 0 Å². The second kappa shape index (κ2) is 8.46. The lowest BCUT2D eigenvalue weighted by molar-refractivity contribution is -0.132. The van der Waals surface area contributed by atoms with Crippen LogP contribution < -0.4 is 5.73 Å². The molecule has 6 nitrogen and oxygen atoms in total. The highest BCUT2D eigenvalue weighted by Gasteiger charge is 2.27. The number of primary amides is 1. The minimum Gasteiger partial charge on any atom is -0.369 e. The summed E-state index contributed by atoms with van der Waals surface area (Å²) >= 11 is 1.55. The summed E-state index contributed by atoms with van der Waals surface area (Å²) in [7, 11) is 0. The Balaban J connectivity index is 1.60. The van der Waals surface area contributed by atoms with Crippen molar-refractivity contribution < 1.29 is 9.59 Å². The molecule has 0 unspecified atom stereocenters. The van der Waals surface area contributed by atoms with Crippen molar-refractivity contribution in [3.8, 4) is 0 Å². The first kappa shape index (κ1) is 19.3. The molecule has 26 heavy (non-hydrogen) atoms. The SMILES string of the molecule is Cc1nc(SCC(=O)N2CCC(C(N)=O)CC2)n(C2CCCCC2)c1C. The Morgan fingerprint density at radius 1 is 1.12 bits per heavy atom. The highest BCUT2D eigenvalue weighted by Crippen LogP contribution is 2.34. The van der Waals surface area contributed by atoms with Crippen LogP contribution in [0.5, 0.6) is 0 Å². The number of carbonyl (C=O) groups is 2. The van der Waals surface area contributed by atoms with Gasteiger partial charge in [-0.05, 0) is 39.5 Å². The molecule has 144 valence electrons. The third-order valence-corrected chi connectivity index (χ3v) is 6.81. The van der Waals surface area contributed by atoms with E-state index in [1.54, 1.807) is 11.8 Å². The Hall–Kier alpha value is -1.50. The van der Waals surface area contributed by atoms with Crippen molar-refractivity contribution >= 4 is 23.6 Å². The molecule has 7 heteroatoms. The lowest BCUT2D eigenvalue weighted by Crippen LogP contribution is -2.42. The lowest BCUT2D eigenvalue weighted by atomic mass is 9.95. The van der Waals surface area contributed by atoms with Gasteiger partial charge in [-0.2, -0.15) is 0 Å². The monoisotopic (exact) mass is 378 g/mol. The molecule has 0 bridgehead atoms. The Morgan fingerprint density at radius 3 is 2.38 bits per heavy atom. The summed E-state index contributed by atoms with van der Waals surface area (Å²) in [6.45, 7) is 5.44. The van der Waals surface area contributed by atoms with Crippen LogP contribution in [0.25, 0.3) is 0 Å². The number of thioether (sulfide) groups is 1. The molecular formula is C19H30N4O2S. The molecule has 1 aromatic rings. The molecule has 1 aliphatic carbocycles. The largest absolute Gasteiger partial charge is 0.369 e. The number of likely N-dealkylation sites (tertiary alicyclic amines) is 1. The topological polar surface area (TPSA) is 81.2 Å². The zero-order valence-corrected chi connectivity index (χ0v) is 16.7. The smallest absolute Gasteiger partial charge is 0.233 e. The van der Waals surface area contributed by atoms with Crippen LogP contribution in [0.3, 0.4) is 0 Å². The van der Waals surface area contributed by atoms with Gasteiger partial charge >= 0.3 is 0 Å². The average Bonchev–Trinajstić information content (AvgIpc) is 2.94. The van der Waals surface area contributed by atoms with Crippen molar-refractivity contribution in [2.24, 2.45) is 11.7 Å². The molecule has 1 saturated heterocycles. The summed E-state index contributed by atoms with van der Waals surface area (Å²) in [4.78, 5) is 30.4. The molecule has 2 amide bonds. The van der Waals surface area contributed by atoms with E-state index in [0.717, 1.165) is 10.9 Å². The van der Waals surface area contributed by atoms with E-state index in [2.05, 4.69) is 18.4 Å². The molecule has 2 N–H and O–H groups in total. The number of hydrogen-bond donors (Lipinski definition) is 1. The quantitative estimate of drug-likeness (QED) is 0.799. The van der Waals surface area contributed by atoms with Gasteiger partial charge in [-0.1, -0.05) is 31.0 Å². The van der Waals surface area contributed by atoms with Gasteiger partial charge in [0.2, 0.25) is 11.8 Å². The van der Waals surface area contributed by atoms with Crippen LogP contribution in [-0.2, 0) is 9.59 Å². The molecule has 1 saturated carbocycles. The summed E-state index contributed by atoms with van der Waals surface area (Å²) in [6.07, 6.45) is 7.66. The molecule has 2 heterocycles. The summed E-state index contributed by atoms with van der Waals surface area (Å²) in [5.74, 6) is 0.213. The first-order chi connectivity index (χ1) is 12.5. The van der Waals surface area contributed by atoms with E-state index in [4.69, 9.17) is 10.7 Å². The lowest BCUT2D eigenvalue weighted by Gasteiger charge is -2.30. The van der Waals surface area contributed by atoms with Gasteiger partial charge < -0.3 is 15.2 Å². The van der Waals surface area contributed by atoms with Gasteiger partial charge in [-0.25, -0.2) is 4.98 Å². The summed E-state index contributed by atoms with van der Waals surface area (Å²) in [5.41, 5.74) is 7.66. The number of piperidine rings is 1. The van der Waals surface area contributed by atoms with Crippen molar-refractivity contribution in [3.05, 3.63) is 11.4 Å². The Kier molecular flexibility index (Phi) is 6.27. The number of rotatable bonds is 5. The maximum absolute atomic E-state index is 12.6. The molecule has 2 aliphatic rings. The number of amides is 2. The molecule has 2 fully saturated rings. The maximum Gasteiger partial charge on any atom is 0.233 e. The van der Waals surface area contributed by atoms with E-state index in [9.17, 15) is 9.59 Å². The second-order valence-electron chi connectivity index (χ2n) is 7.57. The number of imidazole rings is 1. The van der Waals surface area contributed by atoms with Crippen LogP contribution in [0.4, 0.5) is 0 Å². The number of nitrogens with two attached hydrogens (primary N) is 1. The molecular weight excluding hydrogens is 348 g/mol. The number of carbonyl (C=O) groups excluding carboxylic acids is 2. The van der Waals surface area contributed by atoms with Crippen molar-refractivity contribution in [2.45, 2.75) is 70.0 Å². The molecule has 1 aliphatic heterocycles. The minimum atomic E-state index is -0.244. The molecule has 0 spiro atoms. The zero-order valence-electron chi connectivity index (χ0n) is 15.9. The van der Waals surface area contributed by atoms with Gasteiger partial charge in [0, 0.05) is 30.7 Å². The summed E-state index contributed by atoms with van der Waals surface area (Å²) < 4.78 is 2.37. The third-order valence-electron chi connectivity index (χ3n) is 5.87. The number of aromatic nitrogens is 2. The first-order valence-electron chi connectivity index (χ1n) is 9.72. The highest BCUT2D eigenvalue weighted by molar-refractivity contribution is 7.99. The van der Waals surface area contributed by atoms with E-state index in [-0.39, 0.29) is 17.7 Å². The predicted octanol–water partition coefficient (Wildman–Crippen LogP) is 2.82. The van der Waals surface area contributed by atoms with Crippen molar-refractivity contribution in [3.63, 3.8) is 0 Å². The Bertz CT molecular complexity index is 659. The standard InChI is InChI=1S/C19H30N4O2S/c1-13-14(2)23(16-6-4-3-5-7-16)19(21-13)26-12-17(24)22-10-8-15(9-11-22)18(20)25/h15-16H,3-12H2,1-2H3,(H2,20,25). The molecule has 0 atom stereocenters. The molecule has 0 aromatic carbocycles. The molecule has 0 radical (unpaired) electrons. The van der Waals surface area contributed by atoms with E-state index in [1.165, 1.54) is 37.8 Å². The maximum atomic E-state index is 12.6. The van der Waals surface area contributed by atoms with Crippen LogP contribution in [0.1, 0.15) is 62.4 Å². The van der Waals surface area contributed by atoms with E-state index >= 15 is 0 Å². The van der Waals surface area contributed by atoms with Gasteiger partial charge in [-0.3, -0.25) is 9.59 Å². The van der Waals surface area contributed by atoms with Crippen molar-refractivity contribution in [2.75, 3.05) is 18.8 Å². The summed E-state index contributed by atoms with van der Waals surface area (Å²) in [6, 6.07) is 0.522. The number of nitrogens with zero attached hydrogens (tertiary/aromatic N) is 3. The van der Waals surface area contributed by atoms with Crippen LogP contribution >= 0.6 is 11.8 Å². The fraction of sp³-hybridized carbons (Fsp3) is 0.737. The first-order valence-corrected chi connectivity index (χ1v) is 10.7. The Morgan fingerprint density at radius 2 is 1.77 bits per heavy atom. The van der Waals surface area contributed by atoms with Gasteiger partial charge in [0.05, 0.1) is 11.4 Å². The van der Waals surface area contributed by atoms with Crippen molar-refractivity contribution in [1.82, 2.24) is 14.5 Å². The average molecular weight is 379 g/mol. The predicted molar refractivity (Wildman–Crippen MR) is 103 cm³/mol. The Labute approximate surface area is 159 Å². The van der Waals surface area contributed by atoms with E-state index < -0.39 is 0 Å². The van der Waals surface area contributed by atoms with Gasteiger partial charge in [-0.15, -0.1) is 0 Å². The van der Waals surface area contributed by atoms with Crippen LogP contribution in [0.15, 0.2) is 5.16 Å². The molecule has 3 rings (SSSR count). The van der Waals surface area contributed by atoms with E-state index in [0.29, 0.717) is 37.7 Å². The minimum absolute atomic E-state index is 0.0813. The third kappa shape index (κ3) is 4.24. The fourth-order valence-electron chi connectivity index (χ4n) is 4.10. The van der Waals surface area contributed by atoms with Crippen LogP contribution in [-0.4, -0.2) is 45.1 Å². The van der Waals surface area contributed by atoms with Crippen molar-refractivity contribution in [1.29, 1.82) is 0 Å². The number of aryl methyl sites for hydroxylation is 1. The van der Waals surface area contributed by atoms with Crippen LogP contribution in [0, 0.1) is 19.8 Å². The van der Waals surface area contributed by atoms with Gasteiger partial charge in [0.1, 0.15) is 0 Å².